The minimum Gasteiger partial charge on any atom is -0.367 e. The zero-order valence-electron chi connectivity index (χ0n) is 14.6. The molecule has 2 aromatic carbocycles. The molecule has 2 aromatic rings. The number of nitrogens with one attached hydrogen (secondary N) is 1. The number of benzene rings is 2. The summed E-state index contributed by atoms with van der Waals surface area (Å²) < 4.78 is 0. The molecular weight excluding hydrogens is 310 g/mol. The van der Waals surface area contributed by atoms with Crippen molar-refractivity contribution >= 4 is 5.91 Å². The number of amides is 1. The van der Waals surface area contributed by atoms with Gasteiger partial charge in [-0.05, 0) is 25.0 Å². The van der Waals surface area contributed by atoms with E-state index in [0.717, 1.165) is 11.1 Å². The first kappa shape index (κ1) is 18.3. The third-order valence-corrected chi connectivity index (χ3v) is 3.55. The standard InChI is InChI=1S/C21H23N3O/c1-17(2)23-21(25)20(13-22)16-24(14-18-9-5-3-6-10-18)15-19-11-7-4-8-12-19/h3-12,16-17H,14-15H2,1-2H3,(H,23,25)/b20-16-. The minimum absolute atomic E-state index is 0.0130. The highest BCUT2D eigenvalue weighted by Crippen LogP contribution is 2.12. The summed E-state index contributed by atoms with van der Waals surface area (Å²) in [4.78, 5) is 14.2. The third-order valence-electron chi connectivity index (χ3n) is 3.55. The second-order valence-electron chi connectivity index (χ2n) is 6.16. The van der Waals surface area contributed by atoms with Gasteiger partial charge in [0.1, 0.15) is 11.6 Å². The molecule has 0 unspecified atom stereocenters. The number of nitrogens with zero attached hydrogens (tertiary/aromatic N) is 2. The Kier molecular flexibility index (Phi) is 6.79. The van der Waals surface area contributed by atoms with Crippen molar-refractivity contribution < 1.29 is 4.79 Å². The fourth-order valence-electron chi connectivity index (χ4n) is 2.44. The molecule has 128 valence electrons. The van der Waals surface area contributed by atoms with Crippen molar-refractivity contribution in [2.75, 3.05) is 0 Å². The third kappa shape index (κ3) is 6.15. The van der Waals surface area contributed by atoms with Gasteiger partial charge in [0.15, 0.2) is 0 Å². The Bertz CT molecular complexity index is 704. The lowest BCUT2D eigenvalue weighted by atomic mass is 10.1. The Morgan fingerprint density at radius 1 is 1.04 bits per heavy atom. The highest BCUT2D eigenvalue weighted by Gasteiger charge is 2.13. The normalized spacial score (nSPS) is 11.0. The van der Waals surface area contributed by atoms with E-state index in [4.69, 9.17) is 0 Å². The molecule has 0 saturated carbocycles. The van der Waals surface area contributed by atoms with E-state index in [1.807, 2.05) is 85.5 Å². The van der Waals surface area contributed by atoms with Crippen molar-refractivity contribution in [1.29, 1.82) is 5.26 Å². The molecule has 2 rings (SSSR count). The van der Waals surface area contributed by atoms with E-state index < -0.39 is 0 Å². The van der Waals surface area contributed by atoms with E-state index in [1.54, 1.807) is 6.20 Å². The van der Waals surface area contributed by atoms with Crippen molar-refractivity contribution in [3.63, 3.8) is 0 Å². The fraction of sp³-hybridized carbons (Fsp3) is 0.238. The molecule has 0 atom stereocenters. The first-order chi connectivity index (χ1) is 12.1. The molecule has 1 amide bonds. The maximum atomic E-state index is 12.2. The molecule has 0 fully saturated rings. The van der Waals surface area contributed by atoms with Gasteiger partial charge in [0, 0.05) is 25.3 Å². The van der Waals surface area contributed by atoms with Crippen molar-refractivity contribution in [3.05, 3.63) is 83.6 Å². The van der Waals surface area contributed by atoms with Gasteiger partial charge in [0.05, 0.1) is 0 Å². The minimum atomic E-state index is -0.344. The fourth-order valence-corrected chi connectivity index (χ4v) is 2.44. The summed E-state index contributed by atoms with van der Waals surface area (Å²) >= 11 is 0. The van der Waals surface area contributed by atoms with Crippen LogP contribution in [0, 0.1) is 11.3 Å². The van der Waals surface area contributed by atoms with E-state index in [2.05, 4.69) is 5.32 Å². The molecule has 0 heterocycles. The largest absolute Gasteiger partial charge is 0.367 e. The van der Waals surface area contributed by atoms with E-state index in [1.165, 1.54) is 0 Å². The summed E-state index contributed by atoms with van der Waals surface area (Å²) in [5.74, 6) is -0.344. The molecule has 0 bridgehead atoms. The monoisotopic (exact) mass is 333 g/mol. The quantitative estimate of drug-likeness (QED) is 0.622. The van der Waals surface area contributed by atoms with Crippen molar-refractivity contribution in [3.8, 4) is 6.07 Å². The summed E-state index contributed by atoms with van der Waals surface area (Å²) in [6.07, 6.45) is 1.65. The number of rotatable bonds is 7. The van der Waals surface area contributed by atoms with Gasteiger partial charge in [-0.1, -0.05) is 60.7 Å². The van der Waals surface area contributed by atoms with Gasteiger partial charge in [0.25, 0.3) is 5.91 Å². The molecule has 0 aliphatic carbocycles. The predicted molar refractivity (Wildman–Crippen MR) is 99.1 cm³/mol. The van der Waals surface area contributed by atoms with Crippen LogP contribution in [0.5, 0.6) is 0 Å². The Labute approximate surface area is 149 Å². The van der Waals surface area contributed by atoms with Crippen LogP contribution in [0.25, 0.3) is 0 Å². The maximum Gasteiger partial charge on any atom is 0.263 e. The zero-order valence-corrected chi connectivity index (χ0v) is 14.6. The average molecular weight is 333 g/mol. The SMILES string of the molecule is CC(C)NC(=O)/C(C#N)=C\N(Cc1ccccc1)Cc1ccccc1. The van der Waals surface area contributed by atoms with Crippen molar-refractivity contribution in [1.82, 2.24) is 10.2 Å². The van der Waals surface area contributed by atoms with E-state index in [0.29, 0.717) is 13.1 Å². The molecule has 0 aromatic heterocycles. The molecule has 0 spiro atoms. The number of hydrogen-bond acceptors (Lipinski definition) is 3. The first-order valence-corrected chi connectivity index (χ1v) is 8.33. The smallest absolute Gasteiger partial charge is 0.263 e. The summed E-state index contributed by atoms with van der Waals surface area (Å²) in [7, 11) is 0. The van der Waals surface area contributed by atoms with Crippen LogP contribution >= 0.6 is 0 Å². The average Bonchev–Trinajstić information content (AvgIpc) is 2.60. The van der Waals surface area contributed by atoms with Crippen LogP contribution in [0.2, 0.25) is 0 Å². The summed E-state index contributed by atoms with van der Waals surface area (Å²) in [6, 6.07) is 22.0. The van der Waals surface area contributed by atoms with Gasteiger partial charge < -0.3 is 10.2 Å². The van der Waals surface area contributed by atoms with Crippen molar-refractivity contribution in [2.45, 2.75) is 33.0 Å². The first-order valence-electron chi connectivity index (χ1n) is 8.33. The van der Waals surface area contributed by atoms with Crippen LogP contribution in [-0.2, 0) is 17.9 Å². The molecule has 0 radical (unpaired) electrons. The van der Waals surface area contributed by atoms with Crippen LogP contribution < -0.4 is 5.32 Å². The second-order valence-corrected chi connectivity index (χ2v) is 6.16. The van der Waals surface area contributed by atoms with Gasteiger partial charge in [0.2, 0.25) is 0 Å². The summed E-state index contributed by atoms with van der Waals surface area (Å²) in [5, 5.41) is 12.2. The molecular formula is C21H23N3O. The highest BCUT2D eigenvalue weighted by molar-refractivity contribution is 5.97. The Morgan fingerprint density at radius 3 is 1.92 bits per heavy atom. The van der Waals surface area contributed by atoms with Gasteiger partial charge in [-0.15, -0.1) is 0 Å². The molecule has 4 heteroatoms. The number of nitriles is 1. The maximum absolute atomic E-state index is 12.2. The molecule has 25 heavy (non-hydrogen) atoms. The van der Waals surface area contributed by atoms with Crippen molar-refractivity contribution in [2.24, 2.45) is 0 Å². The summed E-state index contributed by atoms with van der Waals surface area (Å²) in [6.45, 7) is 4.99. The predicted octanol–water partition coefficient (Wildman–Crippen LogP) is 3.62. The lowest BCUT2D eigenvalue weighted by Crippen LogP contribution is -2.32. The number of hydrogen-bond donors (Lipinski definition) is 1. The Morgan fingerprint density at radius 2 is 1.52 bits per heavy atom. The van der Waals surface area contributed by atoms with Crippen LogP contribution in [0.15, 0.2) is 72.4 Å². The topological polar surface area (TPSA) is 56.1 Å². The van der Waals surface area contributed by atoms with Crippen LogP contribution in [-0.4, -0.2) is 16.8 Å². The zero-order chi connectivity index (χ0) is 18.1. The Hall–Kier alpha value is -3.06. The van der Waals surface area contributed by atoms with Gasteiger partial charge >= 0.3 is 0 Å². The van der Waals surface area contributed by atoms with Crippen LogP contribution in [0.3, 0.4) is 0 Å². The number of carbonyl (C=O) groups is 1. The molecule has 0 saturated heterocycles. The molecule has 1 N–H and O–H groups in total. The second kappa shape index (κ2) is 9.29. The van der Waals surface area contributed by atoms with E-state index >= 15 is 0 Å². The van der Waals surface area contributed by atoms with Gasteiger partial charge in [-0.25, -0.2) is 0 Å². The lowest BCUT2D eigenvalue weighted by Gasteiger charge is -2.21. The van der Waals surface area contributed by atoms with Crippen LogP contribution in [0.4, 0.5) is 0 Å². The van der Waals surface area contributed by atoms with Gasteiger partial charge in [-0.2, -0.15) is 5.26 Å². The molecule has 0 aliphatic rings. The highest BCUT2D eigenvalue weighted by atomic mass is 16.1. The van der Waals surface area contributed by atoms with Gasteiger partial charge in [-0.3, -0.25) is 4.79 Å². The molecule has 0 aliphatic heterocycles. The van der Waals surface area contributed by atoms with Crippen LogP contribution in [0.1, 0.15) is 25.0 Å². The lowest BCUT2D eigenvalue weighted by molar-refractivity contribution is -0.117. The molecule has 4 nitrogen and oxygen atoms in total. The summed E-state index contributed by atoms with van der Waals surface area (Å²) in [5.41, 5.74) is 2.35. The Balaban J connectivity index is 2.24. The number of carbonyl (C=O) groups excluding carboxylic acids is 1. The van der Waals surface area contributed by atoms with E-state index in [9.17, 15) is 10.1 Å². The van der Waals surface area contributed by atoms with E-state index in [-0.39, 0.29) is 17.5 Å².